The van der Waals surface area contributed by atoms with Crippen LogP contribution < -0.4 is 5.90 Å². The summed E-state index contributed by atoms with van der Waals surface area (Å²) in [6, 6.07) is 0. The lowest BCUT2D eigenvalue weighted by atomic mass is 10.5. The summed E-state index contributed by atoms with van der Waals surface area (Å²) in [5.74, 6) is 6.13. The highest BCUT2D eigenvalue weighted by Crippen LogP contribution is 1.89. The van der Waals surface area contributed by atoms with E-state index in [0.29, 0.717) is 11.5 Å². The molecule has 0 aromatic heterocycles. The van der Waals surface area contributed by atoms with Crippen molar-refractivity contribution >= 4 is 12.6 Å². The van der Waals surface area contributed by atoms with Gasteiger partial charge >= 0.3 is 0 Å². The topological polar surface area (TPSA) is 35.2 Å². The van der Waals surface area contributed by atoms with Gasteiger partial charge < -0.3 is 4.84 Å². The molecule has 0 fully saturated rings. The normalized spacial score (nSPS) is 11.6. The van der Waals surface area contributed by atoms with Crippen LogP contribution in [0.2, 0.25) is 0 Å². The lowest BCUT2D eigenvalue weighted by Crippen LogP contribution is -1.94. The molecule has 0 amide bonds. The van der Waals surface area contributed by atoms with Crippen molar-refractivity contribution in [2.45, 2.75) is 6.92 Å². The van der Waals surface area contributed by atoms with Gasteiger partial charge in [-0.1, -0.05) is 0 Å². The molecule has 0 spiro atoms. The Hall–Kier alpha value is -0.150. The maximum Gasteiger partial charge on any atom is 0.117 e. The fraction of sp³-hybridized carbons (Fsp3) is 0.500. The van der Waals surface area contributed by atoms with Gasteiger partial charge in [-0.2, -0.15) is 18.5 Å². The Morgan fingerprint density at radius 1 is 2.00 bits per heavy atom. The Morgan fingerprint density at radius 2 is 2.57 bits per heavy atom. The van der Waals surface area contributed by atoms with E-state index in [1.165, 1.54) is 0 Å². The molecule has 0 unspecified atom stereocenters. The van der Waals surface area contributed by atoms with Gasteiger partial charge in [0.2, 0.25) is 0 Å². The maximum atomic E-state index is 4.76. The van der Waals surface area contributed by atoms with Gasteiger partial charge in [0.15, 0.2) is 0 Å². The summed E-state index contributed by atoms with van der Waals surface area (Å²) in [5.41, 5.74) is 0. The molecule has 0 bridgehead atoms. The zero-order valence-electron chi connectivity index (χ0n) is 4.22. The van der Waals surface area contributed by atoms with Gasteiger partial charge in [-0.25, -0.2) is 0 Å². The van der Waals surface area contributed by atoms with Gasteiger partial charge in [0.25, 0.3) is 0 Å². The van der Waals surface area contributed by atoms with E-state index < -0.39 is 0 Å². The summed E-state index contributed by atoms with van der Waals surface area (Å²) in [7, 11) is 0. The average molecular weight is 119 g/mol. The zero-order chi connectivity index (χ0) is 5.70. The van der Waals surface area contributed by atoms with Gasteiger partial charge in [-0.3, -0.25) is 0 Å². The third kappa shape index (κ3) is 3.69. The van der Waals surface area contributed by atoms with Crippen LogP contribution in [0.1, 0.15) is 6.92 Å². The molecule has 0 aromatic rings. The molecular weight excluding hydrogens is 110 g/mol. The Labute approximate surface area is 48.7 Å². The molecular formula is C4H9NOS. The Kier molecular flexibility index (Phi) is 3.93. The van der Waals surface area contributed by atoms with Crippen molar-refractivity contribution < 1.29 is 4.84 Å². The van der Waals surface area contributed by atoms with Crippen molar-refractivity contribution in [2.24, 2.45) is 5.90 Å². The standard InChI is InChI=1S/C4H9NOS/c1-4(6-5)2-3-7/h2,7H,3,5H2,1H3/b4-2-. The highest BCUT2D eigenvalue weighted by Gasteiger charge is 1.78. The van der Waals surface area contributed by atoms with E-state index in [9.17, 15) is 0 Å². The minimum atomic E-state index is 0.670. The summed E-state index contributed by atoms with van der Waals surface area (Å²) in [4.78, 5) is 4.30. The second kappa shape index (κ2) is 4.02. The fourth-order valence-electron chi connectivity index (χ4n) is 0.177. The molecule has 0 rings (SSSR count). The van der Waals surface area contributed by atoms with Crippen LogP contribution in [0.15, 0.2) is 11.8 Å². The molecule has 0 aromatic carbocycles. The number of allylic oxidation sites excluding steroid dienone is 1. The van der Waals surface area contributed by atoms with Crippen LogP contribution in [-0.4, -0.2) is 5.75 Å². The van der Waals surface area contributed by atoms with Crippen molar-refractivity contribution in [3.05, 3.63) is 11.8 Å². The highest BCUT2D eigenvalue weighted by molar-refractivity contribution is 7.80. The van der Waals surface area contributed by atoms with Crippen molar-refractivity contribution in [3.63, 3.8) is 0 Å². The molecule has 2 nitrogen and oxygen atoms in total. The predicted molar refractivity (Wildman–Crippen MR) is 32.9 cm³/mol. The second-order valence-electron chi connectivity index (χ2n) is 1.12. The molecule has 3 heteroatoms. The largest absolute Gasteiger partial charge is 0.417 e. The van der Waals surface area contributed by atoms with Crippen LogP contribution in [-0.2, 0) is 4.84 Å². The molecule has 0 atom stereocenters. The molecule has 0 heterocycles. The summed E-state index contributed by atoms with van der Waals surface area (Å²) >= 11 is 3.90. The van der Waals surface area contributed by atoms with Crippen LogP contribution >= 0.6 is 12.6 Å². The van der Waals surface area contributed by atoms with E-state index in [4.69, 9.17) is 5.90 Å². The first kappa shape index (κ1) is 6.85. The first-order valence-electron chi connectivity index (χ1n) is 1.95. The Balaban J connectivity index is 3.29. The zero-order valence-corrected chi connectivity index (χ0v) is 5.11. The van der Waals surface area contributed by atoms with E-state index >= 15 is 0 Å². The molecule has 0 saturated carbocycles. The average Bonchev–Trinajstić information content (AvgIpc) is 1.68. The van der Waals surface area contributed by atoms with Crippen molar-refractivity contribution in [1.82, 2.24) is 0 Å². The third-order valence-electron chi connectivity index (χ3n) is 0.565. The molecule has 42 valence electrons. The molecule has 7 heavy (non-hydrogen) atoms. The Bertz CT molecular complexity index is 72.1. The van der Waals surface area contributed by atoms with Crippen molar-refractivity contribution in [2.75, 3.05) is 5.75 Å². The minimum Gasteiger partial charge on any atom is -0.417 e. The lowest BCUT2D eigenvalue weighted by molar-refractivity contribution is 0.222. The van der Waals surface area contributed by atoms with Gasteiger partial charge in [-0.05, 0) is 13.0 Å². The van der Waals surface area contributed by atoms with Crippen molar-refractivity contribution in [1.29, 1.82) is 0 Å². The van der Waals surface area contributed by atoms with E-state index in [2.05, 4.69) is 17.5 Å². The van der Waals surface area contributed by atoms with E-state index in [0.717, 1.165) is 0 Å². The molecule has 2 N–H and O–H groups in total. The smallest absolute Gasteiger partial charge is 0.117 e. The minimum absolute atomic E-state index is 0.670. The monoisotopic (exact) mass is 119 g/mol. The molecule has 0 aliphatic carbocycles. The third-order valence-corrected chi connectivity index (χ3v) is 0.747. The van der Waals surface area contributed by atoms with E-state index in [-0.39, 0.29) is 0 Å². The van der Waals surface area contributed by atoms with Crippen LogP contribution in [0.3, 0.4) is 0 Å². The van der Waals surface area contributed by atoms with E-state index in [1.807, 2.05) is 0 Å². The van der Waals surface area contributed by atoms with Crippen LogP contribution in [0.5, 0.6) is 0 Å². The van der Waals surface area contributed by atoms with Gasteiger partial charge in [0.1, 0.15) is 5.76 Å². The Morgan fingerprint density at radius 3 is 2.71 bits per heavy atom. The number of hydrogen-bond donors (Lipinski definition) is 2. The maximum absolute atomic E-state index is 4.76. The number of thiol groups is 1. The molecule has 0 radical (unpaired) electrons. The van der Waals surface area contributed by atoms with Gasteiger partial charge in [-0.15, -0.1) is 0 Å². The van der Waals surface area contributed by atoms with Crippen LogP contribution in [0, 0.1) is 0 Å². The summed E-state index contributed by atoms with van der Waals surface area (Å²) in [6.45, 7) is 1.77. The fourth-order valence-corrected chi connectivity index (χ4v) is 0.434. The predicted octanol–water partition coefficient (Wildman–Crippen LogP) is 0.710. The van der Waals surface area contributed by atoms with Gasteiger partial charge in [0, 0.05) is 5.75 Å². The summed E-state index contributed by atoms with van der Waals surface area (Å²) in [5, 5.41) is 0. The van der Waals surface area contributed by atoms with E-state index in [1.54, 1.807) is 13.0 Å². The number of rotatable bonds is 2. The quantitative estimate of drug-likeness (QED) is 0.319. The second-order valence-corrected chi connectivity index (χ2v) is 1.48. The number of hydrogen-bond acceptors (Lipinski definition) is 3. The summed E-state index contributed by atoms with van der Waals surface area (Å²) in [6.07, 6.45) is 1.78. The summed E-state index contributed by atoms with van der Waals surface area (Å²) < 4.78 is 0. The molecule has 0 saturated heterocycles. The molecule has 0 aliphatic rings. The first-order valence-corrected chi connectivity index (χ1v) is 2.59. The van der Waals surface area contributed by atoms with Gasteiger partial charge in [0.05, 0.1) is 0 Å². The van der Waals surface area contributed by atoms with Crippen molar-refractivity contribution in [3.8, 4) is 0 Å². The van der Waals surface area contributed by atoms with Crippen LogP contribution in [0.25, 0.3) is 0 Å². The SMILES string of the molecule is C/C(=C/CS)ON. The van der Waals surface area contributed by atoms with Crippen LogP contribution in [0.4, 0.5) is 0 Å². The lowest BCUT2D eigenvalue weighted by Gasteiger charge is -1.92. The molecule has 0 aliphatic heterocycles. The number of nitrogens with two attached hydrogens (primary N) is 1. The highest BCUT2D eigenvalue weighted by atomic mass is 32.1. The first-order chi connectivity index (χ1) is 3.31.